The number of anilines is 1. The average Bonchev–Trinajstić information content (AvgIpc) is 2.49. The molecule has 0 aliphatic heterocycles. The fraction of sp³-hybridized carbons (Fsp3) is 0.188. The minimum absolute atomic E-state index is 0.109. The molecule has 110 valence electrons. The zero-order valence-corrected chi connectivity index (χ0v) is 11.7. The Morgan fingerprint density at radius 3 is 2.62 bits per heavy atom. The Labute approximate surface area is 122 Å². The third-order valence-electron chi connectivity index (χ3n) is 3.11. The molecule has 0 saturated heterocycles. The van der Waals surface area contributed by atoms with Gasteiger partial charge in [-0.3, -0.25) is 4.79 Å². The maximum Gasteiger partial charge on any atom is 0.251 e. The second-order valence-corrected chi connectivity index (χ2v) is 4.62. The average molecular weight is 288 g/mol. The van der Waals surface area contributed by atoms with E-state index in [1.807, 2.05) is 30.3 Å². The normalized spacial score (nSPS) is 11.9. The highest BCUT2D eigenvalue weighted by atomic mass is 19.1. The lowest BCUT2D eigenvalue weighted by atomic mass is 10.1. The van der Waals surface area contributed by atoms with Crippen LogP contribution in [0.25, 0.3) is 0 Å². The van der Waals surface area contributed by atoms with E-state index in [1.165, 1.54) is 12.1 Å². The van der Waals surface area contributed by atoms with Crippen LogP contribution in [0.15, 0.2) is 48.5 Å². The second kappa shape index (κ2) is 6.85. The molecule has 1 atom stereocenters. The molecule has 0 aliphatic carbocycles. The number of benzene rings is 2. The Morgan fingerprint density at radius 1 is 1.29 bits per heavy atom. The predicted molar refractivity (Wildman–Crippen MR) is 79.6 cm³/mol. The first kappa shape index (κ1) is 15.0. The maximum absolute atomic E-state index is 13.5. The molecule has 2 rings (SSSR count). The quantitative estimate of drug-likeness (QED) is 0.859. The molecule has 0 saturated carbocycles. The van der Waals surface area contributed by atoms with Crippen molar-refractivity contribution < 1.29 is 13.9 Å². The molecule has 0 heterocycles. The van der Waals surface area contributed by atoms with Crippen molar-refractivity contribution >= 4 is 11.6 Å². The zero-order chi connectivity index (χ0) is 15.2. The molecule has 3 N–H and O–H groups in total. The summed E-state index contributed by atoms with van der Waals surface area (Å²) >= 11 is 0. The molecular formula is C16H17FN2O2. The van der Waals surface area contributed by atoms with Gasteiger partial charge in [-0.25, -0.2) is 4.39 Å². The molecule has 0 aromatic heterocycles. The number of carbonyl (C=O) groups is 1. The van der Waals surface area contributed by atoms with Crippen LogP contribution in [0.5, 0.6) is 0 Å². The maximum atomic E-state index is 13.5. The van der Waals surface area contributed by atoms with Gasteiger partial charge in [0.2, 0.25) is 0 Å². The minimum atomic E-state index is -0.792. The number of carbonyl (C=O) groups excluding carboxylic acids is 1. The summed E-state index contributed by atoms with van der Waals surface area (Å²) in [5, 5.41) is 3.22. The molecule has 0 bridgehead atoms. The van der Waals surface area contributed by atoms with Gasteiger partial charge in [0, 0.05) is 12.8 Å². The third kappa shape index (κ3) is 3.79. The Balaban J connectivity index is 2.25. The number of amides is 1. The number of nitrogens with two attached hydrogens (primary N) is 1. The summed E-state index contributed by atoms with van der Waals surface area (Å²) in [6.07, 6.45) is 0. The Bertz CT molecular complexity index is 617. The van der Waals surface area contributed by atoms with Gasteiger partial charge >= 0.3 is 0 Å². The van der Waals surface area contributed by atoms with E-state index in [1.54, 1.807) is 13.2 Å². The highest BCUT2D eigenvalue weighted by Gasteiger charge is 2.13. The van der Waals surface area contributed by atoms with Crippen molar-refractivity contribution in [3.8, 4) is 0 Å². The van der Waals surface area contributed by atoms with Gasteiger partial charge in [-0.2, -0.15) is 0 Å². The van der Waals surface area contributed by atoms with Crippen LogP contribution in [0.1, 0.15) is 22.0 Å². The van der Waals surface area contributed by atoms with Crippen molar-refractivity contribution in [2.24, 2.45) is 5.73 Å². The molecule has 5 heteroatoms. The van der Waals surface area contributed by atoms with Crippen molar-refractivity contribution in [3.63, 3.8) is 0 Å². The van der Waals surface area contributed by atoms with Crippen LogP contribution in [0.4, 0.5) is 10.1 Å². The van der Waals surface area contributed by atoms with Crippen LogP contribution >= 0.6 is 0 Å². The van der Waals surface area contributed by atoms with Crippen molar-refractivity contribution in [1.82, 2.24) is 0 Å². The highest BCUT2D eigenvalue weighted by Crippen LogP contribution is 2.22. The fourth-order valence-electron chi connectivity index (χ4n) is 2.08. The monoisotopic (exact) mass is 288 g/mol. The first-order valence-electron chi connectivity index (χ1n) is 6.51. The molecule has 4 nitrogen and oxygen atoms in total. The molecule has 2 aromatic rings. The summed E-state index contributed by atoms with van der Waals surface area (Å²) in [6.45, 7) is 0.438. The van der Waals surface area contributed by atoms with E-state index in [4.69, 9.17) is 10.5 Å². The topological polar surface area (TPSA) is 64.3 Å². The summed E-state index contributed by atoms with van der Waals surface area (Å²) < 4.78 is 18.7. The Morgan fingerprint density at radius 2 is 2.00 bits per heavy atom. The van der Waals surface area contributed by atoms with E-state index in [9.17, 15) is 9.18 Å². The SMILES string of the molecule is COCC(Nc1ccc(F)c(C(N)=O)c1)c1ccccc1. The number of halogens is 1. The lowest BCUT2D eigenvalue weighted by molar-refractivity contribution is 0.0996. The number of primary amides is 1. The molecule has 0 radical (unpaired) electrons. The molecule has 21 heavy (non-hydrogen) atoms. The van der Waals surface area contributed by atoms with Crippen molar-refractivity contribution in [2.45, 2.75) is 6.04 Å². The molecule has 1 unspecified atom stereocenters. The number of hydrogen-bond donors (Lipinski definition) is 2. The smallest absolute Gasteiger partial charge is 0.251 e. The van der Waals surface area contributed by atoms with E-state index < -0.39 is 11.7 Å². The molecule has 0 spiro atoms. The van der Waals surface area contributed by atoms with Gasteiger partial charge in [-0.05, 0) is 23.8 Å². The Hall–Kier alpha value is -2.40. The van der Waals surface area contributed by atoms with Gasteiger partial charge in [-0.15, -0.1) is 0 Å². The van der Waals surface area contributed by atoms with Crippen molar-refractivity contribution in [1.29, 1.82) is 0 Å². The third-order valence-corrected chi connectivity index (χ3v) is 3.11. The number of rotatable bonds is 6. The fourth-order valence-corrected chi connectivity index (χ4v) is 2.08. The lowest BCUT2D eigenvalue weighted by Gasteiger charge is -2.20. The van der Waals surface area contributed by atoms with Crippen LogP contribution in [0.3, 0.4) is 0 Å². The molecular weight excluding hydrogens is 271 g/mol. The van der Waals surface area contributed by atoms with Gasteiger partial charge in [0.05, 0.1) is 18.2 Å². The minimum Gasteiger partial charge on any atom is -0.382 e. The van der Waals surface area contributed by atoms with Crippen LogP contribution < -0.4 is 11.1 Å². The Kier molecular flexibility index (Phi) is 4.90. The molecule has 0 aliphatic rings. The van der Waals surface area contributed by atoms with Crippen molar-refractivity contribution in [2.75, 3.05) is 19.0 Å². The number of hydrogen-bond acceptors (Lipinski definition) is 3. The van der Waals surface area contributed by atoms with E-state index in [2.05, 4.69) is 5.32 Å². The second-order valence-electron chi connectivity index (χ2n) is 4.62. The van der Waals surface area contributed by atoms with Crippen LogP contribution in [0.2, 0.25) is 0 Å². The molecule has 0 fully saturated rings. The summed E-state index contributed by atoms with van der Waals surface area (Å²) in [4.78, 5) is 11.2. The van der Waals surface area contributed by atoms with E-state index in [0.717, 1.165) is 5.56 Å². The summed E-state index contributed by atoms with van der Waals surface area (Å²) in [5.41, 5.74) is 6.66. The van der Waals surface area contributed by atoms with Crippen LogP contribution in [0, 0.1) is 5.82 Å². The zero-order valence-electron chi connectivity index (χ0n) is 11.7. The van der Waals surface area contributed by atoms with E-state index in [0.29, 0.717) is 12.3 Å². The molecule has 1 amide bonds. The lowest BCUT2D eigenvalue weighted by Crippen LogP contribution is -2.18. The van der Waals surface area contributed by atoms with Crippen LogP contribution in [-0.4, -0.2) is 19.6 Å². The number of ether oxygens (including phenoxy) is 1. The van der Waals surface area contributed by atoms with Gasteiger partial charge < -0.3 is 15.8 Å². The largest absolute Gasteiger partial charge is 0.382 e. The first-order valence-corrected chi connectivity index (χ1v) is 6.51. The predicted octanol–water partition coefficient (Wildman–Crippen LogP) is 2.72. The van der Waals surface area contributed by atoms with E-state index in [-0.39, 0.29) is 11.6 Å². The van der Waals surface area contributed by atoms with Crippen molar-refractivity contribution in [3.05, 3.63) is 65.5 Å². The molecule has 2 aromatic carbocycles. The standard InChI is InChI=1S/C16H17FN2O2/c1-21-10-15(11-5-3-2-4-6-11)19-12-7-8-14(17)13(9-12)16(18)20/h2-9,15,19H,10H2,1H3,(H2,18,20). The number of nitrogens with one attached hydrogen (secondary N) is 1. The van der Waals surface area contributed by atoms with Gasteiger partial charge in [0.25, 0.3) is 5.91 Å². The van der Waals surface area contributed by atoms with Gasteiger partial charge in [0.1, 0.15) is 5.82 Å². The van der Waals surface area contributed by atoms with Gasteiger partial charge in [0.15, 0.2) is 0 Å². The summed E-state index contributed by atoms with van der Waals surface area (Å²) in [6, 6.07) is 13.8. The summed E-state index contributed by atoms with van der Waals surface area (Å²) in [5.74, 6) is -1.42. The first-order chi connectivity index (χ1) is 10.1. The number of methoxy groups -OCH3 is 1. The van der Waals surface area contributed by atoms with Gasteiger partial charge in [-0.1, -0.05) is 30.3 Å². The van der Waals surface area contributed by atoms with Crippen LogP contribution in [-0.2, 0) is 4.74 Å². The van der Waals surface area contributed by atoms with E-state index >= 15 is 0 Å². The summed E-state index contributed by atoms with van der Waals surface area (Å²) in [7, 11) is 1.61. The highest BCUT2D eigenvalue weighted by molar-refractivity contribution is 5.94.